The fourth-order valence-corrected chi connectivity index (χ4v) is 4.82. The van der Waals surface area contributed by atoms with Crippen molar-refractivity contribution in [3.63, 3.8) is 0 Å². The normalized spacial score (nSPS) is 15.3. The van der Waals surface area contributed by atoms with Crippen LogP contribution >= 0.6 is 0 Å². The van der Waals surface area contributed by atoms with Crippen molar-refractivity contribution in [2.45, 2.75) is 77.8 Å². The summed E-state index contributed by atoms with van der Waals surface area (Å²) in [4.78, 5) is 15.2. The first-order chi connectivity index (χ1) is 15.6. The van der Waals surface area contributed by atoms with E-state index in [-0.39, 0.29) is 5.91 Å². The van der Waals surface area contributed by atoms with Gasteiger partial charge in [0.15, 0.2) is 0 Å². The van der Waals surface area contributed by atoms with E-state index in [0.29, 0.717) is 24.1 Å². The topological polar surface area (TPSA) is 62.2 Å². The van der Waals surface area contributed by atoms with E-state index < -0.39 is 0 Å². The van der Waals surface area contributed by atoms with Gasteiger partial charge in [-0.2, -0.15) is 5.10 Å². The molecule has 0 saturated heterocycles. The lowest BCUT2D eigenvalue weighted by Gasteiger charge is -2.32. The van der Waals surface area contributed by atoms with Gasteiger partial charge in [0.25, 0.3) is 5.91 Å². The second-order valence-corrected chi connectivity index (χ2v) is 9.03. The first-order valence-electron chi connectivity index (χ1n) is 12.5. The Bertz CT molecular complexity index is 813. The fourth-order valence-electron chi connectivity index (χ4n) is 4.82. The predicted octanol–water partition coefficient (Wildman–Crippen LogP) is 5.32. The molecule has 32 heavy (non-hydrogen) atoms. The maximum Gasteiger partial charge on any atom is 0.256 e. The van der Waals surface area contributed by atoms with E-state index in [4.69, 9.17) is 0 Å². The molecule has 3 rings (SSSR count). The van der Waals surface area contributed by atoms with Gasteiger partial charge >= 0.3 is 0 Å². The molecule has 1 heterocycles. The molecule has 6 heteroatoms. The third-order valence-corrected chi connectivity index (χ3v) is 6.68. The average Bonchev–Trinajstić information content (AvgIpc) is 3.25. The van der Waals surface area contributed by atoms with E-state index in [2.05, 4.69) is 53.7 Å². The van der Waals surface area contributed by atoms with Crippen molar-refractivity contribution in [1.29, 1.82) is 0 Å². The molecule has 0 aliphatic heterocycles. The lowest BCUT2D eigenvalue weighted by Crippen LogP contribution is -2.33. The molecule has 1 aromatic heterocycles. The first-order valence-corrected chi connectivity index (χ1v) is 12.5. The van der Waals surface area contributed by atoms with Crippen LogP contribution in [0.25, 0.3) is 0 Å². The van der Waals surface area contributed by atoms with E-state index in [1.54, 1.807) is 6.20 Å². The van der Waals surface area contributed by atoms with Gasteiger partial charge in [-0.15, -0.1) is 0 Å². The summed E-state index contributed by atoms with van der Waals surface area (Å²) in [6.07, 6.45) is 11.5. The molecular formula is C26H41N5O. The Kier molecular flexibility index (Phi) is 9.44. The van der Waals surface area contributed by atoms with Gasteiger partial charge in [0.1, 0.15) is 11.4 Å². The number of rotatable bonds is 12. The van der Waals surface area contributed by atoms with Crippen LogP contribution < -0.4 is 15.5 Å². The Hall–Kier alpha value is -2.50. The van der Waals surface area contributed by atoms with Gasteiger partial charge in [-0.25, -0.2) is 4.68 Å². The molecule has 2 aromatic rings. The zero-order valence-electron chi connectivity index (χ0n) is 20.1. The number of carbonyl (C=O) groups is 1. The van der Waals surface area contributed by atoms with E-state index in [1.165, 1.54) is 37.8 Å². The number of hydrogen-bond acceptors (Lipinski definition) is 4. The van der Waals surface area contributed by atoms with Crippen molar-refractivity contribution in [2.24, 2.45) is 5.92 Å². The van der Waals surface area contributed by atoms with Crippen molar-refractivity contribution < 1.29 is 4.79 Å². The lowest BCUT2D eigenvalue weighted by atomic mass is 9.82. The summed E-state index contributed by atoms with van der Waals surface area (Å²) in [5.74, 6) is 1.54. The van der Waals surface area contributed by atoms with E-state index in [9.17, 15) is 4.79 Å². The molecule has 1 aromatic carbocycles. The van der Waals surface area contributed by atoms with E-state index in [0.717, 1.165) is 38.2 Å². The zero-order chi connectivity index (χ0) is 22.8. The van der Waals surface area contributed by atoms with Crippen molar-refractivity contribution in [3.8, 4) is 0 Å². The van der Waals surface area contributed by atoms with Gasteiger partial charge in [-0.05, 0) is 50.7 Å². The highest BCUT2D eigenvalue weighted by atomic mass is 16.1. The van der Waals surface area contributed by atoms with Crippen LogP contribution in [0.15, 0.2) is 36.5 Å². The molecule has 176 valence electrons. The number of anilines is 2. The summed E-state index contributed by atoms with van der Waals surface area (Å²) in [6, 6.07) is 10.7. The Morgan fingerprint density at radius 1 is 1.19 bits per heavy atom. The Labute approximate surface area is 193 Å². The minimum absolute atomic E-state index is 0.0338. The molecule has 1 aliphatic carbocycles. The van der Waals surface area contributed by atoms with Crippen LogP contribution in [0.2, 0.25) is 0 Å². The standard InChI is InChI=1S/C26H41N5O/c1-4-13-24(21-14-8-6-9-15-21)29-25-23(20-28-31(25)5-2)26(32)27-18-12-19-30(3)22-16-10-7-11-17-22/h7,10-11,16-17,20-21,24,29H,4-6,8-9,12-15,18-19H2,1-3H3,(H,27,32). The number of benzene rings is 1. The highest BCUT2D eigenvalue weighted by Gasteiger charge is 2.26. The van der Waals surface area contributed by atoms with Gasteiger partial charge in [0.2, 0.25) is 0 Å². The van der Waals surface area contributed by atoms with Crippen molar-refractivity contribution in [3.05, 3.63) is 42.1 Å². The molecular weight excluding hydrogens is 398 g/mol. The summed E-state index contributed by atoms with van der Waals surface area (Å²) in [5.41, 5.74) is 1.86. The van der Waals surface area contributed by atoms with Gasteiger partial charge in [-0.3, -0.25) is 4.79 Å². The first kappa shape index (κ1) is 24.1. The minimum atomic E-state index is -0.0338. The molecule has 0 spiro atoms. The number of aryl methyl sites for hydroxylation is 1. The average molecular weight is 440 g/mol. The van der Waals surface area contributed by atoms with Crippen LogP contribution in [0.3, 0.4) is 0 Å². The second kappa shape index (κ2) is 12.5. The highest BCUT2D eigenvalue weighted by molar-refractivity contribution is 5.98. The number of aromatic nitrogens is 2. The maximum absolute atomic E-state index is 13.0. The van der Waals surface area contributed by atoms with Crippen LogP contribution in [0, 0.1) is 5.92 Å². The van der Waals surface area contributed by atoms with Crippen LogP contribution in [0.1, 0.15) is 75.6 Å². The molecule has 1 atom stereocenters. The lowest BCUT2D eigenvalue weighted by molar-refractivity contribution is 0.0954. The third kappa shape index (κ3) is 6.50. The van der Waals surface area contributed by atoms with Crippen LogP contribution in [-0.4, -0.2) is 41.9 Å². The summed E-state index contributed by atoms with van der Waals surface area (Å²) in [6.45, 7) is 6.61. The number of amides is 1. The van der Waals surface area contributed by atoms with E-state index in [1.807, 2.05) is 22.9 Å². The number of nitrogens with one attached hydrogen (secondary N) is 2. The second-order valence-electron chi connectivity index (χ2n) is 9.03. The van der Waals surface area contributed by atoms with Gasteiger partial charge in [0, 0.05) is 38.4 Å². The minimum Gasteiger partial charge on any atom is -0.375 e. The number of para-hydroxylation sites is 1. The monoisotopic (exact) mass is 439 g/mol. The Balaban J connectivity index is 1.58. The number of hydrogen-bond donors (Lipinski definition) is 2. The maximum atomic E-state index is 13.0. The summed E-state index contributed by atoms with van der Waals surface area (Å²) in [5, 5.41) is 11.4. The van der Waals surface area contributed by atoms with Crippen molar-refractivity contribution in [1.82, 2.24) is 15.1 Å². The van der Waals surface area contributed by atoms with Gasteiger partial charge in [-0.1, -0.05) is 50.8 Å². The molecule has 1 aliphatic rings. The van der Waals surface area contributed by atoms with Gasteiger partial charge in [0.05, 0.1) is 6.20 Å². The summed E-state index contributed by atoms with van der Waals surface area (Å²) in [7, 11) is 2.09. The molecule has 2 N–H and O–H groups in total. The van der Waals surface area contributed by atoms with Crippen molar-refractivity contribution in [2.75, 3.05) is 30.4 Å². The Morgan fingerprint density at radius 3 is 2.62 bits per heavy atom. The quantitative estimate of drug-likeness (QED) is 0.439. The van der Waals surface area contributed by atoms with Crippen LogP contribution in [-0.2, 0) is 6.54 Å². The summed E-state index contributed by atoms with van der Waals surface area (Å²) < 4.78 is 1.93. The zero-order valence-corrected chi connectivity index (χ0v) is 20.1. The molecule has 0 radical (unpaired) electrons. The fraction of sp³-hybridized carbons (Fsp3) is 0.615. The SMILES string of the molecule is CCCC(Nc1c(C(=O)NCCCN(C)c2ccccc2)cnn1CC)C1CCCCC1. The van der Waals surface area contributed by atoms with Crippen molar-refractivity contribution >= 4 is 17.4 Å². The summed E-state index contributed by atoms with van der Waals surface area (Å²) >= 11 is 0. The van der Waals surface area contributed by atoms with Crippen LogP contribution in [0.4, 0.5) is 11.5 Å². The molecule has 1 fully saturated rings. The molecule has 1 unspecified atom stereocenters. The van der Waals surface area contributed by atoms with Crippen LogP contribution in [0.5, 0.6) is 0 Å². The molecule has 0 bridgehead atoms. The smallest absolute Gasteiger partial charge is 0.256 e. The largest absolute Gasteiger partial charge is 0.375 e. The van der Waals surface area contributed by atoms with E-state index >= 15 is 0 Å². The highest BCUT2D eigenvalue weighted by Crippen LogP contribution is 2.31. The third-order valence-electron chi connectivity index (χ3n) is 6.68. The molecule has 1 amide bonds. The number of nitrogens with zero attached hydrogens (tertiary/aromatic N) is 3. The molecule has 6 nitrogen and oxygen atoms in total. The number of carbonyl (C=O) groups excluding carboxylic acids is 1. The molecule has 1 saturated carbocycles. The predicted molar refractivity (Wildman–Crippen MR) is 133 cm³/mol. The van der Waals surface area contributed by atoms with Gasteiger partial charge < -0.3 is 15.5 Å². The Morgan fingerprint density at radius 2 is 1.94 bits per heavy atom.